The van der Waals surface area contributed by atoms with Crippen LogP contribution in [0.1, 0.15) is 24.1 Å². The van der Waals surface area contributed by atoms with Gasteiger partial charge in [-0.2, -0.15) is 0 Å². The Morgan fingerprint density at radius 1 is 1.53 bits per heavy atom. The predicted octanol–water partition coefficient (Wildman–Crippen LogP) is 2.59. The molecule has 0 aromatic heterocycles. The topological polar surface area (TPSA) is 66.8 Å². The van der Waals surface area contributed by atoms with Crippen LogP contribution in [0.2, 0.25) is 0 Å². The van der Waals surface area contributed by atoms with Crippen LogP contribution in [0.25, 0.3) is 0 Å². The van der Waals surface area contributed by atoms with Crippen molar-refractivity contribution < 1.29 is 19.4 Å². The number of carbonyl (C=O) groups is 2. The molecule has 2 rings (SSSR count). The largest absolute Gasteiger partial charge is 0.479 e. The van der Waals surface area contributed by atoms with E-state index >= 15 is 0 Å². The maximum absolute atomic E-state index is 11.8. The number of nitrogens with zero attached hydrogens (tertiary/aromatic N) is 1. The molecule has 1 heterocycles. The maximum atomic E-state index is 11.8. The molecule has 1 amide bonds. The fraction of sp³-hybridized carbons (Fsp3) is 0.385. The van der Waals surface area contributed by atoms with E-state index in [1.54, 1.807) is 13.0 Å². The van der Waals surface area contributed by atoms with Crippen molar-refractivity contribution in [2.24, 2.45) is 0 Å². The molecule has 1 aromatic rings. The van der Waals surface area contributed by atoms with E-state index in [1.807, 2.05) is 12.1 Å². The average molecular weight is 328 g/mol. The Morgan fingerprint density at radius 3 is 2.89 bits per heavy atom. The lowest BCUT2D eigenvalue weighted by atomic mass is 9.93. The number of ether oxygens (including phenoxy) is 1. The molecule has 1 aliphatic rings. The van der Waals surface area contributed by atoms with Gasteiger partial charge in [-0.3, -0.25) is 4.90 Å². The third kappa shape index (κ3) is 2.73. The number of hydrogen-bond acceptors (Lipinski definition) is 3. The Morgan fingerprint density at radius 2 is 2.26 bits per heavy atom. The highest BCUT2D eigenvalue weighted by Crippen LogP contribution is 2.32. The molecule has 1 N–H and O–H groups in total. The Balaban J connectivity index is 2.40. The fourth-order valence-corrected chi connectivity index (χ4v) is 2.63. The summed E-state index contributed by atoms with van der Waals surface area (Å²) in [6.07, 6.45) is 0.0473. The van der Waals surface area contributed by atoms with E-state index in [0.717, 1.165) is 10.0 Å². The van der Waals surface area contributed by atoms with Crippen LogP contribution in [-0.4, -0.2) is 35.2 Å². The van der Waals surface area contributed by atoms with E-state index in [9.17, 15) is 14.7 Å². The van der Waals surface area contributed by atoms with E-state index in [-0.39, 0.29) is 6.61 Å². The molecule has 0 aliphatic carbocycles. The first-order chi connectivity index (χ1) is 9.04. The molecule has 19 heavy (non-hydrogen) atoms. The van der Waals surface area contributed by atoms with Crippen molar-refractivity contribution in [2.45, 2.75) is 19.4 Å². The minimum absolute atomic E-state index is 0.229. The molecule has 1 unspecified atom stereocenters. The van der Waals surface area contributed by atoms with Crippen LogP contribution < -0.4 is 0 Å². The molecule has 102 valence electrons. The van der Waals surface area contributed by atoms with Crippen molar-refractivity contribution >= 4 is 28.0 Å². The highest BCUT2D eigenvalue weighted by atomic mass is 79.9. The molecular formula is C13H14BrNO4. The summed E-state index contributed by atoms with van der Waals surface area (Å²) in [6, 6.07) is 4.52. The van der Waals surface area contributed by atoms with Gasteiger partial charge >= 0.3 is 12.1 Å². The molecule has 0 radical (unpaired) electrons. The molecule has 0 fully saturated rings. The fourth-order valence-electron chi connectivity index (χ4n) is 2.26. The molecule has 1 aliphatic heterocycles. The van der Waals surface area contributed by atoms with E-state index in [1.165, 1.54) is 4.90 Å². The summed E-state index contributed by atoms with van der Waals surface area (Å²) in [7, 11) is 0. The van der Waals surface area contributed by atoms with Gasteiger partial charge < -0.3 is 9.84 Å². The first kappa shape index (κ1) is 13.9. The first-order valence-electron chi connectivity index (χ1n) is 5.99. The van der Waals surface area contributed by atoms with E-state index < -0.39 is 18.1 Å². The molecule has 1 atom stereocenters. The van der Waals surface area contributed by atoms with Crippen molar-refractivity contribution in [3.8, 4) is 0 Å². The van der Waals surface area contributed by atoms with Gasteiger partial charge in [-0.05, 0) is 36.6 Å². The number of rotatable bonds is 2. The number of halogens is 1. The summed E-state index contributed by atoms with van der Waals surface area (Å²) >= 11 is 3.33. The van der Waals surface area contributed by atoms with Gasteiger partial charge in [0.1, 0.15) is 0 Å². The van der Waals surface area contributed by atoms with E-state index in [0.29, 0.717) is 18.5 Å². The number of carboxylic acids is 1. The number of hydrogen-bond donors (Lipinski definition) is 1. The second kappa shape index (κ2) is 5.61. The van der Waals surface area contributed by atoms with Crippen LogP contribution in [-0.2, 0) is 16.0 Å². The highest BCUT2D eigenvalue weighted by Gasteiger charge is 2.36. The van der Waals surface area contributed by atoms with Gasteiger partial charge in [-0.15, -0.1) is 0 Å². The van der Waals surface area contributed by atoms with Crippen LogP contribution in [0.3, 0.4) is 0 Å². The van der Waals surface area contributed by atoms with Gasteiger partial charge in [-0.1, -0.05) is 22.0 Å². The van der Waals surface area contributed by atoms with E-state index in [2.05, 4.69) is 15.9 Å². The molecule has 0 bridgehead atoms. The summed E-state index contributed by atoms with van der Waals surface area (Å²) in [4.78, 5) is 24.6. The zero-order valence-electron chi connectivity index (χ0n) is 10.4. The second-order valence-electron chi connectivity index (χ2n) is 4.23. The summed E-state index contributed by atoms with van der Waals surface area (Å²) in [5.74, 6) is -1.05. The SMILES string of the molecule is CCOC(=O)N1CCc2ccc(Br)cc2C1C(=O)O. The van der Waals surface area contributed by atoms with Crippen LogP contribution >= 0.6 is 15.9 Å². The number of benzene rings is 1. The molecule has 1 aromatic carbocycles. The van der Waals surface area contributed by atoms with Gasteiger partial charge in [-0.25, -0.2) is 9.59 Å². The lowest BCUT2D eigenvalue weighted by Gasteiger charge is -2.33. The lowest BCUT2D eigenvalue weighted by Crippen LogP contribution is -2.43. The molecule has 5 nitrogen and oxygen atoms in total. The molecule has 0 spiro atoms. The standard InChI is InChI=1S/C13H14BrNO4/c1-2-19-13(18)15-6-5-8-3-4-9(14)7-10(8)11(15)12(16)17/h3-4,7,11H,2,5-6H2,1H3,(H,16,17). The zero-order chi connectivity index (χ0) is 14.0. The van der Waals surface area contributed by atoms with Gasteiger partial charge in [0.05, 0.1) is 6.61 Å². The van der Waals surface area contributed by atoms with Gasteiger partial charge in [0, 0.05) is 11.0 Å². The molecule has 6 heteroatoms. The monoisotopic (exact) mass is 327 g/mol. The normalized spacial score (nSPS) is 17.8. The van der Waals surface area contributed by atoms with Crippen LogP contribution in [0.4, 0.5) is 4.79 Å². The number of aliphatic carboxylic acids is 1. The Bertz CT molecular complexity index is 517. The minimum atomic E-state index is -1.05. The molecule has 0 saturated carbocycles. The summed E-state index contributed by atoms with van der Waals surface area (Å²) in [5.41, 5.74) is 1.59. The molecule has 0 saturated heterocycles. The molecular weight excluding hydrogens is 314 g/mol. The first-order valence-corrected chi connectivity index (χ1v) is 6.78. The second-order valence-corrected chi connectivity index (χ2v) is 5.14. The Kier molecular flexibility index (Phi) is 4.09. The summed E-state index contributed by atoms with van der Waals surface area (Å²) in [6.45, 7) is 2.28. The minimum Gasteiger partial charge on any atom is -0.479 e. The van der Waals surface area contributed by atoms with Gasteiger partial charge in [0.15, 0.2) is 6.04 Å². The zero-order valence-corrected chi connectivity index (χ0v) is 12.0. The third-order valence-corrected chi connectivity index (χ3v) is 3.57. The average Bonchev–Trinajstić information content (AvgIpc) is 2.37. The smallest absolute Gasteiger partial charge is 0.410 e. The Hall–Kier alpha value is -1.56. The van der Waals surface area contributed by atoms with E-state index in [4.69, 9.17) is 4.74 Å². The van der Waals surface area contributed by atoms with Crippen LogP contribution in [0.15, 0.2) is 22.7 Å². The van der Waals surface area contributed by atoms with Crippen LogP contribution in [0, 0.1) is 0 Å². The van der Waals surface area contributed by atoms with Crippen LogP contribution in [0.5, 0.6) is 0 Å². The lowest BCUT2D eigenvalue weighted by molar-refractivity contribution is -0.143. The number of fused-ring (bicyclic) bond motifs is 1. The third-order valence-electron chi connectivity index (χ3n) is 3.07. The van der Waals surface area contributed by atoms with Crippen molar-refractivity contribution in [3.05, 3.63) is 33.8 Å². The summed E-state index contributed by atoms with van der Waals surface area (Å²) < 4.78 is 5.71. The number of carbonyl (C=O) groups excluding carboxylic acids is 1. The highest BCUT2D eigenvalue weighted by molar-refractivity contribution is 9.10. The van der Waals surface area contributed by atoms with Gasteiger partial charge in [0.2, 0.25) is 0 Å². The predicted molar refractivity (Wildman–Crippen MR) is 72.0 cm³/mol. The van der Waals surface area contributed by atoms with Crippen molar-refractivity contribution in [2.75, 3.05) is 13.2 Å². The van der Waals surface area contributed by atoms with Crippen molar-refractivity contribution in [1.29, 1.82) is 0 Å². The number of amides is 1. The van der Waals surface area contributed by atoms with Crippen molar-refractivity contribution in [1.82, 2.24) is 4.90 Å². The maximum Gasteiger partial charge on any atom is 0.410 e. The summed E-state index contributed by atoms with van der Waals surface area (Å²) in [5, 5.41) is 9.40. The van der Waals surface area contributed by atoms with Gasteiger partial charge in [0.25, 0.3) is 0 Å². The quantitative estimate of drug-likeness (QED) is 0.906. The Labute approximate surface area is 119 Å². The van der Waals surface area contributed by atoms with Crippen molar-refractivity contribution in [3.63, 3.8) is 0 Å². The number of carboxylic acid groups (broad SMARTS) is 1.